The van der Waals surface area contributed by atoms with Crippen molar-refractivity contribution in [1.29, 1.82) is 0 Å². The zero-order valence-electron chi connectivity index (χ0n) is 14.9. The van der Waals surface area contributed by atoms with Crippen LogP contribution in [0.15, 0.2) is 64.5 Å². The second-order valence-electron chi connectivity index (χ2n) is 6.31. The van der Waals surface area contributed by atoms with Crippen LogP contribution in [0.5, 0.6) is 0 Å². The molecule has 1 aromatic carbocycles. The lowest BCUT2D eigenvalue weighted by Gasteiger charge is -2.16. The number of pyridine rings is 2. The monoisotopic (exact) mass is 448 g/mol. The predicted octanol–water partition coefficient (Wildman–Crippen LogP) is 2.89. The van der Waals surface area contributed by atoms with Gasteiger partial charge in [-0.1, -0.05) is 12.1 Å². The number of aromatic nitrogens is 2. The van der Waals surface area contributed by atoms with E-state index in [1.54, 1.807) is 36.8 Å². The molecule has 0 amide bonds. The number of hydrogen-bond donors (Lipinski definition) is 2. The Morgan fingerprint density at radius 2 is 1.93 bits per heavy atom. The average Bonchev–Trinajstić information content (AvgIpc) is 2.66. The molecule has 0 spiro atoms. The molecule has 6 nitrogen and oxygen atoms in total. The maximum absolute atomic E-state index is 12.8. The van der Waals surface area contributed by atoms with Crippen LogP contribution < -0.4 is 10.0 Å². The number of fused-ring (bicyclic) bond motifs is 1. The first kappa shape index (κ1) is 19.9. The number of nitrogens with zero attached hydrogens (tertiary/aromatic N) is 2. The fraction of sp³-hybridized carbons (Fsp3) is 0.263. The summed E-state index contributed by atoms with van der Waals surface area (Å²) in [6.07, 6.45) is 7.78. The lowest BCUT2D eigenvalue weighted by atomic mass is 10.2. The highest BCUT2D eigenvalue weighted by molar-refractivity contribution is 9.10. The summed E-state index contributed by atoms with van der Waals surface area (Å²) in [5, 5.41) is 4.97. The van der Waals surface area contributed by atoms with Crippen molar-refractivity contribution >= 4 is 36.7 Å². The van der Waals surface area contributed by atoms with Gasteiger partial charge < -0.3 is 5.32 Å². The molecular weight excluding hydrogens is 428 g/mol. The molecule has 3 rings (SSSR count). The van der Waals surface area contributed by atoms with Crippen LogP contribution in [0.4, 0.5) is 0 Å². The van der Waals surface area contributed by atoms with Crippen molar-refractivity contribution in [1.82, 2.24) is 20.0 Å². The molecule has 2 aromatic heterocycles. The van der Waals surface area contributed by atoms with Crippen LogP contribution in [0, 0.1) is 0 Å². The summed E-state index contributed by atoms with van der Waals surface area (Å²) >= 11 is 3.43. The van der Waals surface area contributed by atoms with Gasteiger partial charge in [-0.05, 0) is 59.6 Å². The van der Waals surface area contributed by atoms with Crippen molar-refractivity contribution in [2.24, 2.45) is 0 Å². The highest BCUT2D eigenvalue weighted by atomic mass is 79.9. The summed E-state index contributed by atoms with van der Waals surface area (Å²) in [4.78, 5) is 8.37. The zero-order valence-corrected chi connectivity index (χ0v) is 17.3. The Morgan fingerprint density at radius 3 is 2.70 bits per heavy atom. The number of nitrogens with one attached hydrogen (secondary N) is 2. The molecule has 142 valence electrons. The molecule has 0 fully saturated rings. The Kier molecular flexibility index (Phi) is 6.54. The first-order valence-electron chi connectivity index (χ1n) is 8.61. The first-order valence-corrected chi connectivity index (χ1v) is 10.9. The van der Waals surface area contributed by atoms with Gasteiger partial charge in [-0.25, -0.2) is 13.1 Å². The minimum absolute atomic E-state index is 0.225. The summed E-state index contributed by atoms with van der Waals surface area (Å²) in [7, 11) is -3.64. The van der Waals surface area contributed by atoms with Crippen LogP contribution in [0.25, 0.3) is 10.8 Å². The van der Waals surface area contributed by atoms with Gasteiger partial charge in [0, 0.05) is 52.6 Å². The van der Waals surface area contributed by atoms with E-state index in [-0.39, 0.29) is 10.9 Å². The second kappa shape index (κ2) is 8.88. The summed E-state index contributed by atoms with van der Waals surface area (Å²) < 4.78 is 28.8. The van der Waals surface area contributed by atoms with E-state index < -0.39 is 10.0 Å². The van der Waals surface area contributed by atoms with E-state index in [1.807, 2.05) is 25.3 Å². The fourth-order valence-electron chi connectivity index (χ4n) is 2.79. The molecule has 0 radical (unpaired) electrons. The largest absolute Gasteiger partial charge is 0.315 e. The molecule has 1 atom stereocenters. The molecule has 0 saturated carbocycles. The molecule has 2 heterocycles. The van der Waals surface area contributed by atoms with Gasteiger partial charge in [0.2, 0.25) is 10.0 Å². The standard InChI is InChI=1S/C19H21BrN4O2S/c1-14(11-22-9-6-15-3-2-8-21-12-15)24-27(25,26)18-5-4-16-13-23-10-7-17(16)19(18)20/h2-5,7-8,10,12-14,22,24H,6,9,11H2,1H3/t14-/m1/s1. The van der Waals surface area contributed by atoms with Crippen LogP contribution >= 0.6 is 15.9 Å². The van der Waals surface area contributed by atoms with Crippen LogP contribution in [0.3, 0.4) is 0 Å². The maximum Gasteiger partial charge on any atom is 0.241 e. The van der Waals surface area contributed by atoms with Gasteiger partial charge in [-0.3, -0.25) is 9.97 Å². The van der Waals surface area contributed by atoms with Crippen molar-refractivity contribution < 1.29 is 8.42 Å². The summed E-state index contributed by atoms with van der Waals surface area (Å²) in [5.41, 5.74) is 1.15. The fourth-order valence-corrected chi connectivity index (χ4v) is 5.25. The van der Waals surface area contributed by atoms with E-state index in [1.165, 1.54) is 0 Å². The van der Waals surface area contributed by atoms with Crippen LogP contribution in [0.2, 0.25) is 0 Å². The van der Waals surface area contributed by atoms with Gasteiger partial charge in [-0.15, -0.1) is 0 Å². The molecule has 27 heavy (non-hydrogen) atoms. The summed E-state index contributed by atoms with van der Waals surface area (Å²) in [6.45, 7) is 3.13. The maximum atomic E-state index is 12.8. The summed E-state index contributed by atoms with van der Waals surface area (Å²) in [5.74, 6) is 0. The Bertz CT molecular complexity index is 1010. The van der Waals surface area contributed by atoms with Crippen molar-refractivity contribution in [2.45, 2.75) is 24.3 Å². The number of rotatable bonds is 8. The second-order valence-corrected chi connectivity index (χ2v) is 8.79. The normalized spacial score (nSPS) is 13.0. The topological polar surface area (TPSA) is 84.0 Å². The van der Waals surface area contributed by atoms with E-state index in [9.17, 15) is 8.42 Å². The van der Waals surface area contributed by atoms with Crippen molar-refractivity contribution in [3.63, 3.8) is 0 Å². The predicted molar refractivity (Wildman–Crippen MR) is 110 cm³/mol. The Hall–Kier alpha value is -1.87. The lowest BCUT2D eigenvalue weighted by molar-refractivity contribution is 0.537. The minimum Gasteiger partial charge on any atom is -0.315 e. The number of hydrogen-bond acceptors (Lipinski definition) is 5. The van der Waals surface area contributed by atoms with E-state index in [4.69, 9.17) is 0 Å². The van der Waals surface area contributed by atoms with Gasteiger partial charge in [0.15, 0.2) is 0 Å². The third-order valence-electron chi connectivity index (χ3n) is 4.13. The van der Waals surface area contributed by atoms with Gasteiger partial charge in [0.1, 0.15) is 0 Å². The molecule has 0 saturated heterocycles. The molecular formula is C19H21BrN4O2S. The van der Waals surface area contributed by atoms with Gasteiger partial charge in [0.25, 0.3) is 0 Å². The third kappa shape index (κ3) is 5.10. The van der Waals surface area contributed by atoms with Crippen molar-refractivity contribution in [3.8, 4) is 0 Å². The number of halogens is 1. The molecule has 0 aliphatic rings. The molecule has 8 heteroatoms. The van der Waals surface area contributed by atoms with E-state index in [0.717, 1.165) is 29.3 Å². The highest BCUT2D eigenvalue weighted by Gasteiger charge is 2.21. The number of benzene rings is 1. The van der Waals surface area contributed by atoms with Crippen LogP contribution in [0.1, 0.15) is 12.5 Å². The van der Waals surface area contributed by atoms with Gasteiger partial charge >= 0.3 is 0 Å². The molecule has 0 aliphatic heterocycles. The SMILES string of the molecule is C[C@H](CNCCc1cccnc1)NS(=O)(=O)c1ccc2cnccc2c1Br. The van der Waals surface area contributed by atoms with Crippen molar-refractivity contribution in [2.75, 3.05) is 13.1 Å². The van der Waals surface area contributed by atoms with E-state index in [2.05, 4.69) is 35.9 Å². The minimum atomic E-state index is -3.64. The third-order valence-corrected chi connectivity index (χ3v) is 6.88. The quantitative estimate of drug-likeness (QED) is 0.517. The highest BCUT2D eigenvalue weighted by Crippen LogP contribution is 2.30. The summed E-state index contributed by atoms with van der Waals surface area (Å²) in [6, 6.07) is 8.83. The first-order chi connectivity index (χ1) is 13.0. The van der Waals surface area contributed by atoms with Gasteiger partial charge in [0.05, 0.1) is 4.90 Å². The molecule has 0 unspecified atom stereocenters. The molecule has 3 aromatic rings. The van der Waals surface area contributed by atoms with Crippen LogP contribution in [-0.4, -0.2) is 37.5 Å². The Balaban J connectivity index is 1.60. The van der Waals surface area contributed by atoms with E-state index >= 15 is 0 Å². The molecule has 0 aliphatic carbocycles. The lowest BCUT2D eigenvalue weighted by Crippen LogP contribution is -2.40. The van der Waals surface area contributed by atoms with Gasteiger partial charge in [-0.2, -0.15) is 0 Å². The molecule has 2 N–H and O–H groups in total. The Labute approximate surface area is 167 Å². The Morgan fingerprint density at radius 1 is 1.11 bits per heavy atom. The molecule has 0 bridgehead atoms. The smallest absolute Gasteiger partial charge is 0.241 e. The zero-order chi connectivity index (χ0) is 19.3. The number of sulfonamides is 1. The van der Waals surface area contributed by atoms with Crippen molar-refractivity contribution in [3.05, 3.63) is 65.2 Å². The van der Waals surface area contributed by atoms with Crippen LogP contribution in [-0.2, 0) is 16.4 Å². The van der Waals surface area contributed by atoms with E-state index in [0.29, 0.717) is 11.0 Å². The average molecular weight is 449 g/mol.